The van der Waals surface area contributed by atoms with Gasteiger partial charge in [-0.25, -0.2) is 9.69 Å². The summed E-state index contributed by atoms with van der Waals surface area (Å²) in [6, 6.07) is 16.5. The Bertz CT molecular complexity index is 1370. The van der Waals surface area contributed by atoms with Crippen LogP contribution in [0.25, 0.3) is 6.08 Å². The fraction of sp³-hybridized carbons (Fsp3) is 0.0800. The van der Waals surface area contributed by atoms with Crippen LogP contribution in [0.5, 0.6) is 5.75 Å². The lowest BCUT2D eigenvalue weighted by molar-refractivity contribution is -0.384. The molecule has 35 heavy (non-hydrogen) atoms. The van der Waals surface area contributed by atoms with Gasteiger partial charge >= 0.3 is 6.03 Å². The second-order valence-corrected chi connectivity index (χ2v) is 8.10. The first kappa shape index (κ1) is 23.7. The standard InChI is InChI=1S/C25H18ClN3O6/c1-15-2-4-16(5-3-15)14-35-22-11-6-17(13-21(22)26)12-20-23(30)27-25(32)28(24(20)31)18-7-9-19(10-8-18)29(33)34/h2-13H,14H2,1H3,(H,27,30,32)/b20-12+. The van der Waals surface area contributed by atoms with Crippen LogP contribution in [0.4, 0.5) is 16.2 Å². The van der Waals surface area contributed by atoms with Crippen molar-refractivity contribution in [1.82, 2.24) is 5.32 Å². The molecular weight excluding hydrogens is 474 g/mol. The molecule has 1 saturated heterocycles. The molecule has 0 radical (unpaired) electrons. The average molecular weight is 492 g/mol. The van der Waals surface area contributed by atoms with Crippen LogP contribution in [0.15, 0.2) is 72.3 Å². The maximum absolute atomic E-state index is 13.0. The predicted molar refractivity (Wildman–Crippen MR) is 129 cm³/mol. The highest BCUT2D eigenvalue weighted by molar-refractivity contribution is 6.39. The summed E-state index contributed by atoms with van der Waals surface area (Å²) < 4.78 is 5.77. The molecule has 0 spiro atoms. The van der Waals surface area contributed by atoms with E-state index in [1.807, 2.05) is 31.2 Å². The number of nitrogens with zero attached hydrogens (tertiary/aromatic N) is 2. The first-order valence-corrected chi connectivity index (χ1v) is 10.7. The van der Waals surface area contributed by atoms with Crippen LogP contribution in [0.1, 0.15) is 16.7 Å². The molecule has 1 fully saturated rings. The van der Waals surface area contributed by atoms with E-state index in [2.05, 4.69) is 5.32 Å². The number of anilines is 1. The average Bonchev–Trinajstić information content (AvgIpc) is 2.82. The number of barbiturate groups is 1. The van der Waals surface area contributed by atoms with E-state index in [0.29, 0.717) is 17.9 Å². The molecule has 0 aliphatic carbocycles. The number of non-ortho nitro benzene ring substituents is 1. The maximum Gasteiger partial charge on any atom is 0.335 e. The van der Waals surface area contributed by atoms with Crippen molar-refractivity contribution in [2.45, 2.75) is 13.5 Å². The number of nitro benzene ring substituents is 1. The van der Waals surface area contributed by atoms with Crippen molar-refractivity contribution in [2.75, 3.05) is 4.90 Å². The zero-order valence-corrected chi connectivity index (χ0v) is 19.1. The highest BCUT2D eigenvalue weighted by Crippen LogP contribution is 2.29. The molecule has 0 atom stereocenters. The lowest BCUT2D eigenvalue weighted by Gasteiger charge is -2.26. The third-order valence-electron chi connectivity index (χ3n) is 5.20. The van der Waals surface area contributed by atoms with Gasteiger partial charge in [0, 0.05) is 12.1 Å². The summed E-state index contributed by atoms with van der Waals surface area (Å²) in [6.45, 7) is 2.31. The Hall–Kier alpha value is -4.50. The van der Waals surface area contributed by atoms with Crippen LogP contribution in [0.2, 0.25) is 5.02 Å². The van der Waals surface area contributed by atoms with Gasteiger partial charge in [-0.3, -0.25) is 25.0 Å². The molecule has 1 heterocycles. The number of hydrogen-bond donors (Lipinski definition) is 1. The monoisotopic (exact) mass is 491 g/mol. The molecule has 1 aliphatic rings. The summed E-state index contributed by atoms with van der Waals surface area (Å²) in [5.41, 5.74) is 2.12. The molecule has 9 nitrogen and oxygen atoms in total. The summed E-state index contributed by atoms with van der Waals surface area (Å²) in [7, 11) is 0. The lowest BCUT2D eigenvalue weighted by Crippen LogP contribution is -2.54. The number of imide groups is 2. The van der Waals surface area contributed by atoms with E-state index in [1.165, 1.54) is 24.3 Å². The lowest BCUT2D eigenvalue weighted by atomic mass is 10.1. The van der Waals surface area contributed by atoms with Gasteiger partial charge in [-0.15, -0.1) is 0 Å². The highest BCUT2D eigenvalue weighted by Gasteiger charge is 2.37. The van der Waals surface area contributed by atoms with Crippen LogP contribution < -0.4 is 15.0 Å². The van der Waals surface area contributed by atoms with Crippen LogP contribution in [-0.2, 0) is 16.2 Å². The van der Waals surface area contributed by atoms with Gasteiger partial charge < -0.3 is 4.74 Å². The van der Waals surface area contributed by atoms with Gasteiger partial charge in [0.15, 0.2) is 0 Å². The fourth-order valence-electron chi connectivity index (χ4n) is 3.35. The minimum Gasteiger partial charge on any atom is -0.487 e. The number of benzene rings is 3. The second kappa shape index (κ2) is 9.78. The Labute approximate surface area is 204 Å². The van der Waals surface area contributed by atoms with Crippen molar-refractivity contribution >= 4 is 46.9 Å². The van der Waals surface area contributed by atoms with E-state index in [0.717, 1.165) is 28.2 Å². The zero-order valence-electron chi connectivity index (χ0n) is 18.4. The molecule has 4 amide bonds. The molecule has 0 saturated carbocycles. The highest BCUT2D eigenvalue weighted by atomic mass is 35.5. The number of carbonyl (C=O) groups is 3. The molecule has 3 aromatic carbocycles. The van der Waals surface area contributed by atoms with E-state index in [9.17, 15) is 24.5 Å². The van der Waals surface area contributed by atoms with Crippen molar-refractivity contribution in [3.05, 3.63) is 104 Å². The molecule has 3 aromatic rings. The smallest absolute Gasteiger partial charge is 0.335 e. The SMILES string of the molecule is Cc1ccc(COc2ccc(/C=C3\C(=O)NC(=O)N(c4ccc([N+](=O)[O-])cc4)C3=O)cc2Cl)cc1. The zero-order chi connectivity index (χ0) is 25.1. The Balaban J connectivity index is 1.55. The van der Waals surface area contributed by atoms with E-state index in [-0.39, 0.29) is 22.0 Å². The number of carbonyl (C=O) groups excluding carboxylic acids is 3. The van der Waals surface area contributed by atoms with Gasteiger partial charge in [0.2, 0.25) is 0 Å². The molecule has 1 N–H and O–H groups in total. The van der Waals surface area contributed by atoms with Crippen molar-refractivity contribution < 1.29 is 24.0 Å². The minimum absolute atomic E-state index is 0.0781. The predicted octanol–water partition coefficient (Wildman–Crippen LogP) is 4.80. The Morgan fingerprint density at radius 2 is 1.71 bits per heavy atom. The first-order chi connectivity index (χ1) is 16.7. The number of hydrogen-bond acceptors (Lipinski definition) is 6. The number of halogens is 1. The maximum atomic E-state index is 13.0. The van der Waals surface area contributed by atoms with E-state index in [1.54, 1.807) is 12.1 Å². The van der Waals surface area contributed by atoms with Gasteiger partial charge in [-0.05, 0) is 48.4 Å². The minimum atomic E-state index is -0.955. The molecule has 0 bridgehead atoms. The van der Waals surface area contributed by atoms with Crippen LogP contribution in [0, 0.1) is 17.0 Å². The van der Waals surface area contributed by atoms with Gasteiger partial charge in [-0.1, -0.05) is 47.5 Å². The van der Waals surface area contributed by atoms with Crippen molar-refractivity contribution in [3.63, 3.8) is 0 Å². The van der Waals surface area contributed by atoms with E-state index < -0.39 is 22.8 Å². The first-order valence-electron chi connectivity index (χ1n) is 10.4. The van der Waals surface area contributed by atoms with Crippen LogP contribution >= 0.6 is 11.6 Å². The van der Waals surface area contributed by atoms with Crippen LogP contribution in [-0.4, -0.2) is 22.8 Å². The number of nitro groups is 1. The number of ether oxygens (including phenoxy) is 1. The number of amides is 4. The summed E-state index contributed by atoms with van der Waals surface area (Å²) >= 11 is 6.34. The third kappa shape index (κ3) is 5.20. The van der Waals surface area contributed by atoms with Crippen molar-refractivity contribution in [3.8, 4) is 5.75 Å². The van der Waals surface area contributed by atoms with Crippen LogP contribution in [0.3, 0.4) is 0 Å². The van der Waals surface area contributed by atoms with Gasteiger partial charge in [0.05, 0.1) is 15.6 Å². The molecule has 0 unspecified atom stereocenters. The Morgan fingerprint density at radius 3 is 2.34 bits per heavy atom. The number of aryl methyl sites for hydroxylation is 1. The molecule has 10 heteroatoms. The van der Waals surface area contributed by atoms with Gasteiger partial charge in [0.1, 0.15) is 17.9 Å². The molecule has 176 valence electrons. The summed E-state index contributed by atoms with van der Waals surface area (Å²) in [6.07, 6.45) is 1.30. The fourth-order valence-corrected chi connectivity index (χ4v) is 3.59. The molecule has 0 aromatic heterocycles. The number of rotatable bonds is 6. The molecular formula is C25H18ClN3O6. The second-order valence-electron chi connectivity index (χ2n) is 7.70. The summed E-state index contributed by atoms with van der Waals surface area (Å²) in [5.74, 6) is -1.31. The third-order valence-corrected chi connectivity index (χ3v) is 5.50. The normalized spacial score (nSPS) is 14.7. The van der Waals surface area contributed by atoms with Gasteiger partial charge in [-0.2, -0.15) is 0 Å². The number of nitrogens with one attached hydrogen (secondary N) is 1. The van der Waals surface area contributed by atoms with Crippen molar-refractivity contribution in [2.24, 2.45) is 0 Å². The summed E-state index contributed by atoms with van der Waals surface area (Å²) in [5, 5.41) is 13.2. The number of urea groups is 1. The summed E-state index contributed by atoms with van der Waals surface area (Å²) in [4.78, 5) is 48.7. The van der Waals surface area contributed by atoms with Crippen molar-refractivity contribution in [1.29, 1.82) is 0 Å². The van der Waals surface area contributed by atoms with E-state index >= 15 is 0 Å². The topological polar surface area (TPSA) is 119 Å². The Morgan fingerprint density at radius 1 is 1.03 bits per heavy atom. The van der Waals surface area contributed by atoms with E-state index in [4.69, 9.17) is 16.3 Å². The molecule has 4 rings (SSSR count). The largest absolute Gasteiger partial charge is 0.487 e. The quantitative estimate of drug-likeness (QED) is 0.229. The molecule has 1 aliphatic heterocycles. The van der Waals surface area contributed by atoms with Gasteiger partial charge in [0.25, 0.3) is 17.5 Å². The Kier molecular flexibility index (Phi) is 6.61.